The van der Waals surface area contributed by atoms with Gasteiger partial charge in [0.05, 0.1) is 26.1 Å². The van der Waals surface area contributed by atoms with E-state index in [9.17, 15) is 4.79 Å². The molecule has 0 fully saturated rings. The van der Waals surface area contributed by atoms with Gasteiger partial charge in [-0.3, -0.25) is 4.79 Å². The normalized spacial score (nSPS) is 14.6. The van der Waals surface area contributed by atoms with Crippen LogP contribution in [0, 0.1) is 5.92 Å². The zero-order valence-corrected chi connectivity index (χ0v) is 12.5. The fourth-order valence-corrected chi connectivity index (χ4v) is 2.88. The summed E-state index contributed by atoms with van der Waals surface area (Å²) in [4.78, 5) is 11.3. The zero-order chi connectivity index (χ0) is 13.1. The van der Waals surface area contributed by atoms with Crippen LogP contribution in [0.3, 0.4) is 0 Å². The first-order chi connectivity index (χ1) is 8.11. The first-order valence-corrected chi connectivity index (χ1v) is 8.25. The average Bonchev–Trinajstić information content (AvgIpc) is 2.29. The number of ketones is 1. The van der Waals surface area contributed by atoms with E-state index in [1.807, 2.05) is 0 Å². The molecule has 2 atom stereocenters. The number of Topliss-reactive ketones (excluding diaryl/α,β-unsaturated/α-hetero) is 1. The number of carbonyl (C=O) groups excluding carboxylic acids is 1. The Kier molecular flexibility index (Phi) is 11.0. The van der Waals surface area contributed by atoms with Crippen LogP contribution in [0.2, 0.25) is 0 Å². The predicted octanol–water partition coefficient (Wildman–Crippen LogP) is 1.90. The summed E-state index contributed by atoms with van der Waals surface area (Å²) in [6, 6.07) is 0. The van der Waals surface area contributed by atoms with Gasteiger partial charge in [-0.05, 0) is 24.2 Å². The summed E-state index contributed by atoms with van der Waals surface area (Å²) in [5.41, 5.74) is 0. The highest BCUT2D eigenvalue weighted by molar-refractivity contribution is 7.96. The van der Waals surface area contributed by atoms with Crippen LogP contribution < -0.4 is 0 Å². The number of methoxy groups -OCH3 is 1. The molecule has 0 saturated heterocycles. The molecule has 0 aliphatic rings. The summed E-state index contributed by atoms with van der Waals surface area (Å²) in [6.07, 6.45) is 4.26. The van der Waals surface area contributed by atoms with Crippen LogP contribution in [-0.2, 0) is 25.2 Å². The van der Waals surface area contributed by atoms with Gasteiger partial charge in [0.1, 0.15) is 17.3 Å². The minimum atomic E-state index is 0.263. The van der Waals surface area contributed by atoms with Gasteiger partial charge in [-0.2, -0.15) is 0 Å². The Bertz CT molecular complexity index is 197. The molecule has 0 heterocycles. The van der Waals surface area contributed by atoms with Crippen LogP contribution in [0.25, 0.3) is 0 Å². The van der Waals surface area contributed by atoms with Crippen molar-refractivity contribution in [2.45, 2.75) is 26.7 Å². The maximum atomic E-state index is 11.3. The third kappa shape index (κ3) is 9.62. The molecule has 3 nitrogen and oxygen atoms in total. The van der Waals surface area contributed by atoms with E-state index >= 15 is 0 Å². The van der Waals surface area contributed by atoms with Gasteiger partial charge in [-0.15, -0.1) is 0 Å². The van der Waals surface area contributed by atoms with E-state index in [2.05, 4.69) is 13.2 Å². The smallest absolute Gasteiger partial charge is 0.133 e. The van der Waals surface area contributed by atoms with E-state index in [0.717, 1.165) is 31.0 Å². The van der Waals surface area contributed by atoms with Gasteiger partial charge in [0.15, 0.2) is 0 Å². The number of hydrogen-bond acceptors (Lipinski definition) is 3. The first kappa shape index (κ1) is 16.9. The van der Waals surface area contributed by atoms with E-state index in [-0.39, 0.29) is 5.92 Å². The van der Waals surface area contributed by atoms with Gasteiger partial charge in [-0.1, -0.05) is 6.92 Å². The van der Waals surface area contributed by atoms with Crippen LogP contribution in [0.4, 0.5) is 0 Å². The molecule has 0 aromatic rings. The lowest BCUT2D eigenvalue weighted by atomic mass is 10.00. The van der Waals surface area contributed by atoms with E-state index in [1.54, 1.807) is 14.0 Å². The van der Waals surface area contributed by atoms with Gasteiger partial charge < -0.3 is 9.47 Å². The standard InChI is InChI=1S/C13H27O3S/c1-5-13(12(2)14)6-10-17(4)11-9-16-8-7-15-3/h13H,5-11H2,1-4H3/q+1/t13-,17?/m0/s1. The molecule has 0 saturated carbocycles. The monoisotopic (exact) mass is 263 g/mol. The Hall–Kier alpha value is -0.0600. The molecule has 0 aromatic heterocycles. The van der Waals surface area contributed by atoms with Crippen LogP contribution >= 0.6 is 0 Å². The third-order valence-corrected chi connectivity index (χ3v) is 4.69. The number of ether oxygens (including phenoxy) is 2. The van der Waals surface area contributed by atoms with Crippen LogP contribution in [0.1, 0.15) is 26.7 Å². The molecule has 0 aromatic carbocycles. The molecule has 1 unspecified atom stereocenters. The van der Waals surface area contributed by atoms with Crippen LogP contribution in [0.15, 0.2) is 0 Å². The highest BCUT2D eigenvalue weighted by Gasteiger charge is 2.17. The van der Waals surface area contributed by atoms with Gasteiger partial charge in [0, 0.05) is 19.4 Å². The molecule has 0 aliphatic heterocycles. The second-order valence-electron chi connectivity index (χ2n) is 4.30. The highest BCUT2D eigenvalue weighted by Crippen LogP contribution is 2.11. The maximum Gasteiger partial charge on any atom is 0.133 e. The third-order valence-electron chi connectivity index (χ3n) is 2.89. The van der Waals surface area contributed by atoms with E-state index in [0.29, 0.717) is 29.9 Å². The zero-order valence-electron chi connectivity index (χ0n) is 11.7. The summed E-state index contributed by atoms with van der Waals surface area (Å²) in [5, 5.41) is 0. The second-order valence-corrected chi connectivity index (χ2v) is 6.68. The van der Waals surface area contributed by atoms with Gasteiger partial charge in [0.2, 0.25) is 0 Å². The van der Waals surface area contributed by atoms with Crippen molar-refractivity contribution in [2.75, 3.05) is 44.7 Å². The minimum Gasteiger partial charge on any atom is -0.382 e. The molecule has 0 N–H and O–H groups in total. The second kappa shape index (κ2) is 11.1. The summed E-state index contributed by atoms with van der Waals surface area (Å²) in [7, 11) is 2.05. The predicted molar refractivity (Wildman–Crippen MR) is 74.8 cm³/mol. The topological polar surface area (TPSA) is 35.5 Å². The number of hydrogen-bond donors (Lipinski definition) is 0. The van der Waals surface area contributed by atoms with Crippen molar-refractivity contribution in [2.24, 2.45) is 5.92 Å². The fraction of sp³-hybridized carbons (Fsp3) is 0.923. The molecule has 0 rings (SSSR count). The van der Waals surface area contributed by atoms with Crippen molar-refractivity contribution in [3.63, 3.8) is 0 Å². The maximum absolute atomic E-state index is 11.3. The molecule has 102 valence electrons. The van der Waals surface area contributed by atoms with Crippen molar-refractivity contribution in [3.8, 4) is 0 Å². The van der Waals surface area contributed by atoms with Crippen LogP contribution in [-0.4, -0.2) is 50.5 Å². The summed E-state index contributed by atoms with van der Waals surface area (Å²) in [6.45, 7) is 5.95. The average molecular weight is 263 g/mol. The van der Waals surface area contributed by atoms with E-state index < -0.39 is 0 Å². The molecule has 0 spiro atoms. The van der Waals surface area contributed by atoms with Crippen LogP contribution in [0.5, 0.6) is 0 Å². The lowest BCUT2D eigenvalue weighted by Gasteiger charge is -2.10. The van der Waals surface area contributed by atoms with Crippen molar-refractivity contribution < 1.29 is 14.3 Å². The Labute approximate surface area is 109 Å². The highest BCUT2D eigenvalue weighted by atomic mass is 32.2. The molecule has 4 heteroatoms. The summed E-state index contributed by atoms with van der Waals surface area (Å²) < 4.78 is 10.3. The molecule has 0 bridgehead atoms. The van der Waals surface area contributed by atoms with Crippen molar-refractivity contribution in [1.82, 2.24) is 0 Å². The summed E-state index contributed by atoms with van der Waals surface area (Å²) in [5.74, 6) is 2.84. The molecule has 0 radical (unpaired) electrons. The lowest BCUT2D eigenvalue weighted by Crippen LogP contribution is -2.20. The number of rotatable bonds is 11. The summed E-state index contributed by atoms with van der Waals surface area (Å²) >= 11 is 0. The van der Waals surface area contributed by atoms with Crippen molar-refractivity contribution >= 4 is 16.7 Å². The quantitative estimate of drug-likeness (QED) is 0.422. The van der Waals surface area contributed by atoms with E-state index in [4.69, 9.17) is 9.47 Å². The van der Waals surface area contributed by atoms with Gasteiger partial charge in [0.25, 0.3) is 0 Å². The van der Waals surface area contributed by atoms with Gasteiger partial charge >= 0.3 is 0 Å². The Morgan fingerprint density at radius 1 is 1.24 bits per heavy atom. The SMILES string of the molecule is CC[C@@H](CC[S+](C)CCOCCOC)C(C)=O. The molecular formula is C13H27O3S+. The van der Waals surface area contributed by atoms with Crippen molar-refractivity contribution in [3.05, 3.63) is 0 Å². The first-order valence-electron chi connectivity index (χ1n) is 6.28. The molecule has 0 aliphatic carbocycles. The van der Waals surface area contributed by atoms with Gasteiger partial charge in [-0.25, -0.2) is 0 Å². The molecule has 17 heavy (non-hydrogen) atoms. The molecule has 0 amide bonds. The Morgan fingerprint density at radius 2 is 1.94 bits per heavy atom. The minimum absolute atomic E-state index is 0.263. The Morgan fingerprint density at radius 3 is 2.47 bits per heavy atom. The molecular weight excluding hydrogens is 236 g/mol. The number of carbonyl (C=O) groups is 1. The lowest BCUT2D eigenvalue weighted by molar-refractivity contribution is -0.120. The van der Waals surface area contributed by atoms with Crippen molar-refractivity contribution in [1.29, 1.82) is 0 Å². The Balaban J connectivity index is 3.51. The largest absolute Gasteiger partial charge is 0.382 e. The van der Waals surface area contributed by atoms with E-state index in [1.165, 1.54) is 0 Å². The fourth-order valence-electron chi connectivity index (χ4n) is 1.59.